The summed E-state index contributed by atoms with van der Waals surface area (Å²) in [5, 5.41) is 12.1. The van der Waals surface area contributed by atoms with Gasteiger partial charge in [-0.1, -0.05) is 17.7 Å². The molecule has 3 aromatic rings. The van der Waals surface area contributed by atoms with Crippen molar-refractivity contribution >= 4 is 33.9 Å². The molecule has 1 saturated heterocycles. The van der Waals surface area contributed by atoms with Gasteiger partial charge >= 0.3 is 0 Å². The number of hydrogen-bond donors (Lipinski definition) is 1. The minimum absolute atomic E-state index is 0.137. The van der Waals surface area contributed by atoms with Crippen LogP contribution in [0.5, 0.6) is 0 Å². The summed E-state index contributed by atoms with van der Waals surface area (Å²) in [6.07, 6.45) is 1.27. The molecule has 0 bridgehead atoms. The first-order valence-electron chi connectivity index (χ1n) is 9.00. The monoisotopic (exact) mass is 417 g/mol. The molecule has 0 amide bonds. The van der Waals surface area contributed by atoms with Crippen LogP contribution >= 0.6 is 11.6 Å². The highest BCUT2D eigenvalue weighted by Crippen LogP contribution is 2.32. The zero-order valence-corrected chi connectivity index (χ0v) is 16.0. The Balaban J connectivity index is 1.57. The molecule has 1 N–H and O–H groups in total. The fourth-order valence-corrected chi connectivity index (χ4v) is 3.77. The molecule has 1 aliphatic heterocycles. The number of fused-ring (bicyclic) bond motifs is 1. The van der Waals surface area contributed by atoms with Crippen LogP contribution in [0.15, 0.2) is 41.5 Å². The number of halogens is 2. The maximum Gasteiger partial charge on any atom is 0.293 e. The number of aromatic nitrogens is 2. The Morgan fingerprint density at radius 2 is 2.00 bits per heavy atom. The quantitative estimate of drug-likeness (QED) is 0.518. The highest BCUT2D eigenvalue weighted by Gasteiger charge is 2.26. The first-order chi connectivity index (χ1) is 13.9. The lowest BCUT2D eigenvalue weighted by Gasteiger charge is -2.36. The normalized spacial score (nSPS) is 15.0. The Bertz CT molecular complexity index is 1120. The third-order valence-corrected chi connectivity index (χ3v) is 5.44. The standard InChI is InChI=1S/C19H17ClFN5O3/c20-14-2-1-3-15(21)13(14)10-24-4-6-25(7-5-24)17-9-16-12(8-18(17)26(28)29)19(27)23-11-22-16/h1-3,8-9,11H,4-7,10H2,(H,22,23,27). The molecule has 0 spiro atoms. The number of nitrogens with one attached hydrogen (secondary N) is 1. The highest BCUT2D eigenvalue weighted by atomic mass is 35.5. The van der Waals surface area contributed by atoms with Crippen LogP contribution in [0.3, 0.4) is 0 Å². The van der Waals surface area contributed by atoms with E-state index in [1.807, 2.05) is 4.90 Å². The van der Waals surface area contributed by atoms with Gasteiger partial charge in [0.05, 0.1) is 22.2 Å². The minimum atomic E-state index is -0.493. The number of nitro groups is 1. The van der Waals surface area contributed by atoms with E-state index in [1.54, 1.807) is 18.2 Å². The number of piperazine rings is 1. The topological polar surface area (TPSA) is 95.4 Å². The molecule has 0 radical (unpaired) electrons. The molecule has 0 aliphatic carbocycles. The van der Waals surface area contributed by atoms with Crippen LogP contribution in [0.4, 0.5) is 15.8 Å². The Morgan fingerprint density at radius 3 is 2.69 bits per heavy atom. The molecule has 1 aliphatic rings. The van der Waals surface area contributed by atoms with E-state index in [0.29, 0.717) is 54.5 Å². The van der Waals surface area contributed by atoms with Crippen molar-refractivity contribution in [3.05, 3.63) is 73.5 Å². The fourth-order valence-electron chi connectivity index (χ4n) is 3.55. The van der Waals surface area contributed by atoms with Crippen molar-refractivity contribution in [1.29, 1.82) is 0 Å². The van der Waals surface area contributed by atoms with E-state index < -0.39 is 10.5 Å². The number of nitrogens with zero attached hydrogens (tertiary/aromatic N) is 4. The van der Waals surface area contributed by atoms with Gasteiger partial charge in [-0.15, -0.1) is 0 Å². The molecule has 8 nitrogen and oxygen atoms in total. The fraction of sp³-hybridized carbons (Fsp3) is 0.263. The molecule has 10 heteroatoms. The van der Waals surface area contributed by atoms with Crippen LogP contribution in [0.25, 0.3) is 10.9 Å². The number of nitro benzene ring substituents is 1. The second-order valence-corrected chi connectivity index (χ2v) is 7.22. The predicted octanol–water partition coefficient (Wildman–Crippen LogP) is 2.95. The largest absolute Gasteiger partial charge is 0.363 e. The van der Waals surface area contributed by atoms with Gasteiger partial charge in [-0.3, -0.25) is 19.8 Å². The van der Waals surface area contributed by atoms with Crippen molar-refractivity contribution in [2.45, 2.75) is 6.54 Å². The van der Waals surface area contributed by atoms with Gasteiger partial charge in [0.15, 0.2) is 0 Å². The Morgan fingerprint density at radius 1 is 1.24 bits per heavy atom. The molecule has 4 rings (SSSR count). The molecular weight excluding hydrogens is 401 g/mol. The summed E-state index contributed by atoms with van der Waals surface area (Å²) >= 11 is 6.11. The Kier molecular flexibility index (Phi) is 5.16. The SMILES string of the molecule is O=c1[nH]cnc2cc(N3CCN(Cc4c(F)cccc4Cl)CC3)c([N+](=O)[O-])cc12. The molecule has 1 fully saturated rings. The van der Waals surface area contributed by atoms with Gasteiger partial charge in [0.25, 0.3) is 11.2 Å². The van der Waals surface area contributed by atoms with Crippen LogP contribution < -0.4 is 10.5 Å². The first kappa shape index (κ1) is 19.3. The van der Waals surface area contributed by atoms with Crippen LogP contribution in [0, 0.1) is 15.9 Å². The second-order valence-electron chi connectivity index (χ2n) is 6.81. The molecular formula is C19H17ClFN5O3. The van der Waals surface area contributed by atoms with Crippen molar-refractivity contribution < 1.29 is 9.31 Å². The van der Waals surface area contributed by atoms with Gasteiger partial charge in [-0.2, -0.15) is 0 Å². The average molecular weight is 418 g/mol. The van der Waals surface area contributed by atoms with Crippen molar-refractivity contribution in [2.75, 3.05) is 31.1 Å². The van der Waals surface area contributed by atoms with E-state index in [0.717, 1.165) is 0 Å². The smallest absolute Gasteiger partial charge is 0.293 e. The number of anilines is 1. The highest BCUT2D eigenvalue weighted by molar-refractivity contribution is 6.31. The summed E-state index contributed by atoms with van der Waals surface area (Å²) in [4.78, 5) is 33.5. The Hall–Kier alpha value is -3.04. The van der Waals surface area contributed by atoms with Crippen molar-refractivity contribution in [3.63, 3.8) is 0 Å². The van der Waals surface area contributed by atoms with Gasteiger partial charge in [-0.25, -0.2) is 9.37 Å². The van der Waals surface area contributed by atoms with Gasteiger partial charge in [0.1, 0.15) is 11.5 Å². The lowest BCUT2D eigenvalue weighted by atomic mass is 10.1. The maximum absolute atomic E-state index is 14.0. The first-order valence-corrected chi connectivity index (χ1v) is 9.38. The van der Waals surface area contributed by atoms with E-state index in [2.05, 4.69) is 14.9 Å². The maximum atomic E-state index is 14.0. The summed E-state index contributed by atoms with van der Waals surface area (Å²) in [5.74, 6) is -0.346. The third kappa shape index (κ3) is 3.79. The molecule has 150 valence electrons. The predicted molar refractivity (Wildman–Crippen MR) is 108 cm³/mol. The number of aromatic amines is 1. The number of benzene rings is 2. The zero-order chi connectivity index (χ0) is 20.5. The third-order valence-electron chi connectivity index (χ3n) is 5.09. The van der Waals surface area contributed by atoms with E-state index >= 15 is 0 Å². The van der Waals surface area contributed by atoms with Gasteiger partial charge in [-0.05, 0) is 18.2 Å². The van der Waals surface area contributed by atoms with Gasteiger partial charge < -0.3 is 9.88 Å². The van der Waals surface area contributed by atoms with E-state index in [-0.39, 0.29) is 16.9 Å². The summed E-state index contributed by atoms with van der Waals surface area (Å²) in [6, 6.07) is 7.44. The van der Waals surface area contributed by atoms with Crippen molar-refractivity contribution in [2.24, 2.45) is 0 Å². The van der Waals surface area contributed by atoms with Gasteiger partial charge in [0.2, 0.25) is 0 Å². The summed E-state index contributed by atoms with van der Waals surface area (Å²) in [7, 11) is 0. The minimum Gasteiger partial charge on any atom is -0.363 e. The van der Waals surface area contributed by atoms with Crippen LogP contribution in [-0.4, -0.2) is 46.0 Å². The molecule has 0 unspecified atom stereocenters. The molecule has 2 heterocycles. The van der Waals surface area contributed by atoms with E-state index in [1.165, 1.54) is 18.5 Å². The van der Waals surface area contributed by atoms with Crippen molar-refractivity contribution in [1.82, 2.24) is 14.9 Å². The Labute approximate surface area is 169 Å². The van der Waals surface area contributed by atoms with Crippen LogP contribution in [-0.2, 0) is 6.54 Å². The summed E-state index contributed by atoms with van der Waals surface area (Å²) in [6.45, 7) is 2.57. The summed E-state index contributed by atoms with van der Waals surface area (Å²) < 4.78 is 14.0. The number of rotatable bonds is 4. The zero-order valence-electron chi connectivity index (χ0n) is 15.3. The van der Waals surface area contributed by atoms with E-state index in [4.69, 9.17) is 11.6 Å². The number of H-pyrrole nitrogens is 1. The summed E-state index contributed by atoms with van der Waals surface area (Å²) in [5.41, 5.74) is 0.708. The molecule has 0 saturated carbocycles. The molecule has 2 aromatic carbocycles. The van der Waals surface area contributed by atoms with Gasteiger partial charge in [0, 0.05) is 49.4 Å². The molecule has 0 atom stereocenters. The van der Waals surface area contributed by atoms with Crippen LogP contribution in [0.2, 0.25) is 5.02 Å². The number of hydrogen-bond acceptors (Lipinski definition) is 6. The van der Waals surface area contributed by atoms with Crippen LogP contribution in [0.1, 0.15) is 5.56 Å². The van der Waals surface area contributed by atoms with Crippen molar-refractivity contribution in [3.8, 4) is 0 Å². The van der Waals surface area contributed by atoms with E-state index in [9.17, 15) is 19.3 Å². The molecule has 1 aromatic heterocycles. The average Bonchev–Trinajstić information content (AvgIpc) is 2.71. The lowest BCUT2D eigenvalue weighted by Crippen LogP contribution is -2.46. The second kappa shape index (κ2) is 7.76. The lowest BCUT2D eigenvalue weighted by molar-refractivity contribution is -0.384. The molecule has 29 heavy (non-hydrogen) atoms.